The predicted molar refractivity (Wildman–Crippen MR) is 76.7 cm³/mol. The van der Waals surface area contributed by atoms with Gasteiger partial charge in [0.2, 0.25) is 0 Å². The lowest BCUT2D eigenvalue weighted by atomic mass is 9.97. The van der Waals surface area contributed by atoms with E-state index in [4.69, 9.17) is 4.55 Å². The molecule has 6 nitrogen and oxygen atoms in total. The average molecular weight is 310 g/mol. The van der Waals surface area contributed by atoms with Gasteiger partial charge in [0.05, 0.1) is 0 Å². The molecule has 1 atom stereocenters. The number of aliphatic hydroxyl groups is 1. The molecule has 0 aliphatic heterocycles. The predicted octanol–water partition coefficient (Wildman–Crippen LogP) is 2.57. The van der Waals surface area contributed by atoms with Gasteiger partial charge < -0.3 is 14.4 Å². The third-order valence-electron chi connectivity index (χ3n) is 2.77. The van der Waals surface area contributed by atoms with Gasteiger partial charge in [-0.15, -0.1) is 0 Å². The smallest absolute Gasteiger partial charge is 0.446 e. The molecule has 0 saturated carbocycles. The van der Waals surface area contributed by atoms with Crippen molar-refractivity contribution in [3.05, 3.63) is 59.6 Å². The van der Waals surface area contributed by atoms with Crippen molar-refractivity contribution in [2.75, 3.05) is 0 Å². The van der Waals surface area contributed by atoms with Crippen LogP contribution >= 0.6 is 0 Å². The zero-order chi connectivity index (χ0) is 15.5. The molecule has 2 rings (SSSR count). The zero-order valence-electron chi connectivity index (χ0n) is 10.9. The van der Waals surface area contributed by atoms with E-state index in [2.05, 4.69) is 4.18 Å². The third kappa shape index (κ3) is 4.97. The number of phenols is 1. The maximum atomic E-state index is 10.7. The Morgan fingerprint density at radius 1 is 1.19 bits per heavy atom. The van der Waals surface area contributed by atoms with Gasteiger partial charge in [-0.05, 0) is 23.8 Å². The van der Waals surface area contributed by atoms with Crippen LogP contribution in [0.4, 0.5) is 0 Å². The molecule has 1 aromatic rings. The Bertz CT molecular complexity index is 697. The van der Waals surface area contributed by atoms with E-state index in [1.165, 1.54) is 6.08 Å². The molecule has 0 saturated heterocycles. The first-order chi connectivity index (χ1) is 9.82. The minimum atomic E-state index is -4.60. The van der Waals surface area contributed by atoms with Crippen molar-refractivity contribution in [2.45, 2.75) is 6.42 Å². The molecule has 0 spiro atoms. The van der Waals surface area contributed by atoms with Crippen LogP contribution < -0.4 is 0 Å². The minimum Gasteiger partial charge on any atom is -0.508 e. The molecule has 0 fully saturated rings. The van der Waals surface area contributed by atoms with E-state index in [-0.39, 0.29) is 29.6 Å². The number of hydrogen-bond donors (Lipinski definition) is 3. The second-order valence-electron chi connectivity index (χ2n) is 4.53. The Morgan fingerprint density at radius 3 is 2.48 bits per heavy atom. The van der Waals surface area contributed by atoms with Gasteiger partial charge in [-0.2, -0.15) is 8.42 Å². The molecular formula is C14H14O6S. The van der Waals surface area contributed by atoms with Crippen LogP contribution in [0.1, 0.15) is 12.0 Å². The highest BCUT2D eigenvalue weighted by atomic mass is 32.3. The van der Waals surface area contributed by atoms with E-state index >= 15 is 0 Å². The van der Waals surface area contributed by atoms with E-state index in [9.17, 15) is 18.6 Å². The number of aliphatic hydroxyl groups excluding tert-OH is 1. The van der Waals surface area contributed by atoms with E-state index in [1.807, 2.05) is 0 Å². The maximum absolute atomic E-state index is 10.7. The van der Waals surface area contributed by atoms with Crippen LogP contribution in [0.2, 0.25) is 0 Å². The number of hydrogen-bond acceptors (Lipinski definition) is 5. The minimum absolute atomic E-state index is 0.0437. The van der Waals surface area contributed by atoms with Gasteiger partial charge in [-0.1, -0.05) is 24.3 Å². The van der Waals surface area contributed by atoms with Crippen LogP contribution in [0.15, 0.2) is 54.0 Å². The van der Waals surface area contributed by atoms with E-state index in [0.29, 0.717) is 0 Å². The third-order valence-corrected chi connectivity index (χ3v) is 3.20. The Kier molecular flexibility index (Phi) is 4.35. The topological polar surface area (TPSA) is 104 Å². The Labute approximate surface area is 122 Å². The van der Waals surface area contributed by atoms with Crippen LogP contribution in [-0.4, -0.2) is 23.2 Å². The van der Waals surface area contributed by atoms with Gasteiger partial charge in [0.1, 0.15) is 17.3 Å². The molecule has 7 heteroatoms. The molecule has 112 valence electrons. The van der Waals surface area contributed by atoms with E-state index < -0.39 is 10.4 Å². The molecule has 3 N–H and O–H groups in total. The number of rotatable bonds is 4. The lowest BCUT2D eigenvalue weighted by Gasteiger charge is -2.15. The fourth-order valence-electron chi connectivity index (χ4n) is 1.92. The second-order valence-corrected chi connectivity index (χ2v) is 5.55. The fraction of sp³-hybridized carbons (Fsp3) is 0.143. The highest BCUT2D eigenvalue weighted by Crippen LogP contribution is 2.25. The summed E-state index contributed by atoms with van der Waals surface area (Å²) in [6.07, 6.45) is 6.39. The highest BCUT2D eigenvalue weighted by molar-refractivity contribution is 7.81. The monoisotopic (exact) mass is 310 g/mol. The first kappa shape index (κ1) is 15.1. The molecule has 0 amide bonds. The van der Waals surface area contributed by atoms with Crippen LogP contribution in [0, 0.1) is 5.92 Å². The van der Waals surface area contributed by atoms with Crippen molar-refractivity contribution < 1.29 is 27.4 Å². The Morgan fingerprint density at radius 2 is 1.86 bits per heavy atom. The lowest BCUT2D eigenvalue weighted by Crippen LogP contribution is -2.10. The molecule has 0 aromatic heterocycles. The SMILES string of the molecule is O=S(=O)(O)OC1=CC(O)=CC(C=Cc2ccc(O)cc2)C1. The molecular weight excluding hydrogens is 296 g/mol. The van der Waals surface area contributed by atoms with Crippen LogP contribution in [0.3, 0.4) is 0 Å². The number of aromatic hydroxyl groups is 1. The van der Waals surface area contributed by atoms with Crippen LogP contribution in [-0.2, 0) is 14.6 Å². The summed E-state index contributed by atoms with van der Waals surface area (Å²) in [5, 5.41) is 18.7. The van der Waals surface area contributed by atoms with Crippen molar-refractivity contribution in [1.29, 1.82) is 0 Å². The standard InChI is InChI=1S/C14H14O6S/c15-12-5-3-10(4-6-12)1-2-11-7-13(16)9-14(8-11)20-21(17,18)19/h1-7,9,11,15-16H,8H2,(H,17,18,19). The molecule has 0 bridgehead atoms. The average Bonchev–Trinajstić information content (AvgIpc) is 2.35. The number of phenolic OH excluding ortho intramolecular Hbond substituents is 1. The van der Waals surface area contributed by atoms with Crippen molar-refractivity contribution in [3.8, 4) is 5.75 Å². The zero-order valence-corrected chi connectivity index (χ0v) is 11.7. The molecule has 1 aliphatic rings. The highest BCUT2D eigenvalue weighted by Gasteiger charge is 2.18. The maximum Gasteiger partial charge on any atom is 0.446 e. The summed E-state index contributed by atoms with van der Waals surface area (Å²) in [6, 6.07) is 6.51. The largest absolute Gasteiger partial charge is 0.508 e. The van der Waals surface area contributed by atoms with Gasteiger partial charge >= 0.3 is 10.4 Å². The van der Waals surface area contributed by atoms with Crippen LogP contribution in [0.5, 0.6) is 5.75 Å². The van der Waals surface area contributed by atoms with Crippen LogP contribution in [0.25, 0.3) is 6.08 Å². The van der Waals surface area contributed by atoms with Crippen molar-refractivity contribution in [3.63, 3.8) is 0 Å². The molecule has 0 heterocycles. The summed E-state index contributed by atoms with van der Waals surface area (Å²) < 4.78 is 34.4. The lowest BCUT2D eigenvalue weighted by molar-refractivity contribution is 0.310. The Balaban J connectivity index is 2.08. The van der Waals surface area contributed by atoms with Gasteiger partial charge in [-0.3, -0.25) is 4.55 Å². The van der Waals surface area contributed by atoms with Gasteiger partial charge in [0.25, 0.3) is 0 Å². The summed E-state index contributed by atoms with van der Waals surface area (Å²) >= 11 is 0. The molecule has 1 aliphatic carbocycles. The first-order valence-electron chi connectivity index (χ1n) is 6.07. The fourth-order valence-corrected chi connectivity index (χ4v) is 2.31. The van der Waals surface area contributed by atoms with Gasteiger partial charge in [0.15, 0.2) is 0 Å². The number of benzene rings is 1. The quantitative estimate of drug-likeness (QED) is 0.738. The molecule has 21 heavy (non-hydrogen) atoms. The van der Waals surface area contributed by atoms with E-state index in [0.717, 1.165) is 11.6 Å². The van der Waals surface area contributed by atoms with E-state index in [1.54, 1.807) is 36.4 Å². The first-order valence-corrected chi connectivity index (χ1v) is 7.44. The van der Waals surface area contributed by atoms with Crippen molar-refractivity contribution in [2.24, 2.45) is 5.92 Å². The number of allylic oxidation sites excluding steroid dienone is 4. The normalized spacial score (nSPS) is 19.2. The van der Waals surface area contributed by atoms with Gasteiger partial charge in [-0.25, -0.2) is 0 Å². The summed E-state index contributed by atoms with van der Waals surface area (Å²) in [7, 11) is -4.60. The summed E-state index contributed by atoms with van der Waals surface area (Å²) in [5.74, 6) is -0.298. The molecule has 1 aromatic carbocycles. The summed E-state index contributed by atoms with van der Waals surface area (Å²) in [4.78, 5) is 0. The molecule has 1 unspecified atom stereocenters. The summed E-state index contributed by atoms with van der Waals surface area (Å²) in [6.45, 7) is 0. The summed E-state index contributed by atoms with van der Waals surface area (Å²) in [5.41, 5.74) is 0.840. The van der Waals surface area contributed by atoms with Gasteiger partial charge in [0, 0.05) is 18.4 Å². The molecule has 0 radical (unpaired) electrons. The van der Waals surface area contributed by atoms with Crippen molar-refractivity contribution >= 4 is 16.5 Å². The van der Waals surface area contributed by atoms with Crippen molar-refractivity contribution in [1.82, 2.24) is 0 Å². The second kappa shape index (κ2) is 6.02. The Hall–Kier alpha value is -2.25.